The standard InChI is InChI=1S/C23H15F2N7O2/c24-14-4-5-15(17(25)9-14)12-8-13(11-26-10-12)20(33)31-23-29-18-3-1-2-16(19(18)30-23)21(34)32-22-27-6-7-28-22/h1-11H,(H2,27,28,32,34)(H2,29,30,31,33). The van der Waals surface area contributed by atoms with E-state index in [1.54, 1.807) is 24.4 Å². The minimum absolute atomic E-state index is 0.108. The summed E-state index contributed by atoms with van der Waals surface area (Å²) in [5.74, 6) is -2.06. The lowest BCUT2D eigenvalue weighted by Crippen LogP contribution is -2.14. The molecule has 2 aromatic carbocycles. The molecule has 0 radical (unpaired) electrons. The van der Waals surface area contributed by atoms with Crippen molar-refractivity contribution in [2.75, 3.05) is 10.6 Å². The van der Waals surface area contributed by atoms with Gasteiger partial charge in [0, 0.05) is 42.0 Å². The molecule has 3 aromatic heterocycles. The quantitative estimate of drug-likeness (QED) is 0.314. The van der Waals surface area contributed by atoms with Crippen LogP contribution < -0.4 is 10.6 Å². The van der Waals surface area contributed by atoms with E-state index in [2.05, 4.69) is 35.6 Å². The summed E-state index contributed by atoms with van der Waals surface area (Å²) in [4.78, 5) is 43.4. The number of para-hydroxylation sites is 1. The van der Waals surface area contributed by atoms with Gasteiger partial charge < -0.3 is 9.97 Å². The summed E-state index contributed by atoms with van der Waals surface area (Å²) in [5.41, 5.74) is 1.72. The molecule has 0 aliphatic rings. The zero-order chi connectivity index (χ0) is 23.7. The lowest BCUT2D eigenvalue weighted by Gasteiger charge is -2.06. The maximum atomic E-state index is 14.1. The third-order valence-corrected chi connectivity index (χ3v) is 4.96. The minimum atomic E-state index is -0.767. The number of aromatic amines is 2. The summed E-state index contributed by atoms with van der Waals surface area (Å²) in [5, 5.41) is 5.24. The van der Waals surface area contributed by atoms with E-state index in [1.807, 2.05) is 0 Å². The van der Waals surface area contributed by atoms with Crippen molar-refractivity contribution >= 4 is 34.7 Å². The molecule has 0 saturated carbocycles. The molecule has 2 amide bonds. The van der Waals surface area contributed by atoms with E-state index in [9.17, 15) is 18.4 Å². The van der Waals surface area contributed by atoms with Gasteiger partial charge in [0.1, 0.15) is 17.2 Å². The van der Waals surface area contributed by atoms with Gasteiger partial charge in [0.15, 0.2) is 0 Å². The molecule has 0 fully saturated rings. The Bertz CT molecular complexity index is 1530. The first-order chi connectivity index (χ1) is 16.5. The predicted octanol–water partition coefficient (Wildman–Crippen LogP) is 4.13. The van der Waals surface area contributed by atoms with Gasteiger partial charge in [-0.05, 0) is 30.3 Å². The number of H-pyrrole nitrogens is 2. The Morgan fingerprint density at radius 1 is 0.941 bits per heavy atom. The first kappa shape index (κ1) is 20.9. The second-order valence-corrected chi connectivity index (χ2v) is 7.22. The number of pyridine rings is 1. The molecule has 0 atom stereocenters. The number of halogens is 2. The number of hydrogen-bond acceptors (Lipinski definition) is 5. The number of fused-ring (bicyclic) bond motifs is 1. The van der Waals surface area contributed by atoms with Crippen LogP contribution in [0.5, 0.6) is 0 Å². The summed E-state index contributed by atoms with van der Waals surface area (Å²) < 4.78 is 27.3. The average molecular weight is 459 g/mol. The predicted molar refractivity (Wildman–Crippen MR) is 120 cm³/mol. The van der Waals surface area contributed by atoms with Crippen LogP contribution in [0.4, 0.5) is 20.7 Å². The highest BCUT2D eigenvalue weighted by Crippen LogP contribution is 2.24. The van der Waals surface area contributed by atoms with Crippen LogP contribution in [-0.4, -0.2) is 36.7 Å². The van der Waals surface area contributed by atoms with E-state index in [1.165, 1.54) is 30.7 Å². The van der Waals surface area contributed by atoms with E-state index in [0.717, 1.165) is 12.1 Å². The molecule has 0 aliphatic heterocycles. The van der Waals surface area contributed by atoms with E-state index in [4.69, 9.17) is 0 Å². The van der Waals surface area contributed by atoms with Gasteiger partial charge in [0.2, 0.25) is 11.9 Å². The van der Waals surface area contributed by atoms with Gasteiger partial charge in [-0.1, -0.05) is 6.07 Å². The Balaban J connectivity index is 1.39. The average Bonchev–Trinajstić information content (AvgIpc) is 3.48. The Kier molecular flexibility index (Phi) is 5.26. The van der Waals surface area contributed by atoms with E-state index in [0.29, 0.717) is 16.6 Å². The highest BCUT2D eigenvalue weighted by Gasteiger charge is 2.17. The van der Waals surface area contributed by atoms with Crippen molar-refractivity contribution in [2.24, 2.45) is 0 Å². The Morgan fingerprint density at radius 2 is 1.79 bits per heavy atom. The molecule has 0 unspecified atom stereocenters. The highest BCUT2D eigenvalue weighted by molar-refractivity contribution is 6.11. The molecule has 9 nitrogen and oxygen atoms in total. The molecule has 0 saturated heterocycles. The molecule has 0 spiro atoms. The number of hydrogen-bond donors (Lipinski definition) is 4. The van der Waals surface area contributed by atoms with Crippen molar-refractivity contribution in [3.05, 3.63) is 90.0 Å². The number of imidazole rings is 2. The molecule has 5 rings (SSSR count). The lowest BCUT2D eigenvalue weighted by atomic mass is 10.1. The van der Waals surface area contributed by atoms with Crippen LogP contribution >= 0.6 is 0 Å². The zero-order valence-corrected chi connectivity index (χ0v) is 17.3. The molecule has 4 N–H and O–H groups in total. The van der Waals surface area contributed by atoms with Gasteiger partial charge in [-0.2, -0.15) is 0 Å². The topological polar surface area (TPSA) is 128 Å². The third kappa shape index (κ3) is 4.09. The number of carbonyl (C=O) groups excluding carboxylic acids is 2. The van der Waals surface area contributed by atoms with Crippen LogP contribution in [0, 0.1) is 11.6 Å². The number of nitrogens with one attached hydrogen (secondary N) is 4. The van der Waals surface area contributed by atoms with Crippen molar-refractivity contribution < 1.29 is 18.4 Å². The monoisotopic (exact) mass is 459 g/mol. The van der Waals surface area contributed by atoms with Crippen molar-refractivity contribution in [1.82, 2.24) is 24.9 Å². The number of rotatable bonds is 5. The number of amides is 2. The summed E-state index contributed by atoms with van der Waals surface area (Å²) in [6.45, 7) is 0. The maximum Gasteiger partial charge on any atom is 0.260 e. The smallest absolute Gasteiger partial charge is 0.260 e. The second-order valence-electron chi connectivity index (χ2n) is 7.22. The van der Waals surface area contributed by atoms with Gasteiger partial charge >= 0.3 is 0 Å². The largest absolute Gasteiger partial charge is 0.331 e. The number of benzene rings is 2. The van der Waals surface area contributed by atoms with Crippen LogP contribution in [-0.2, 0) is 0 Å². The van der Waals surface area contributed by atoms with Crippen LogP contribution in [0.1, 0.15) is 20.7 Å². The van der Waals surface area contributed by atoms with Gasteiger partial charge in [0.05, 0.1) is 16.6 Å². The SMILES string of the molecule is O=C(Nc1nc2c(C(=O)Nc3ncc[nH]3)cccc2[nH]1)c1cncc(-c2ccc(F)cc2F)c1. The van der Waals surface area contributed by atoms with Gasteiger partial charge in [0.25, 0.3) is 11.8 Å². The first-order valence-electron chi connectivity index (χ1n) is 9.99. The molecule has 3 heterocycles. The number of anilines is 2. The van der Waals surface area contributed by atoms with E-state index >= 15 is 0 Å². The van der Waals surface area contributed by atoms with Crippen LogP contribution in [0.3, 0.4) is 0 Å². The van der Waals surface area contributed by atoms with E-state index in [-0.39, 0.29) is 28.6 Å². The second kappa shape index (κ2) is 8.54. The zero-order valence-electron chi connectivity index (χ0n) is 17.3. The Morgan fingerprint density at radius 3 is 2.59 bits per heavy atom. The normalized spacial score (nSPS) is 10.9. The fourth-order valence-corrected chi connectivity index (χ4v) is 3.40. The Hall–Kier alpha value is -4.93. The van der Waals surface area contributed by atoms with Gasteiger partial charge in [-0.25, -0.2) is 18.7 Å². The summed E-state index contributed by atoms with van der Waals surface area (Å²) in [7, 11) is 0. The molecule has 0 bridgehead atoms. The minimum Gasteiger partial charge on any atom is -0.331 e. The van der Waals surface area contributed by atoms with Crippen LogP contribution in [0.25, 0.3) is 22.2 Å². The van der Waals surface area contributed by atoms with Crippen molar-refractivity contribution in [1.29, 1.82) is 0 Å². The van der Waals surface area contributed by atoms with Crippen molar-refractivity contribution in [3.63, 3.8) is 0 Å². The highest BCUT2D eigenvalue weighted by atomic mass is 19.1. The fraction of sp³-hybridized carbons (Fsp3) is 0. The molecular weight excluding hydrogens is 444 g/mol. The third-order valence-electron chi connectivity index (χ3n) is 4.96. The van der Waals surface area contributed by atoms with Gasteiger partial charge in [-0.3, -0.25) is 25.2 Å². The molecule has 34 heavy (non-hydrogen) atoms. The summed E-state index contributed by atoms with van der Waals surface area (Å²) >= 11 is 0. The number of carbonyl (C=O) groups is 2. The van der Waals surface area contributed by atoms with Crippen LogP contribution in [0.15, 0.2) is 67.3 Å². The summed E-state index contributed by atoms with van der Waals surface area (Å²) in [6, 6.07) is 9.57. The lowest BCUT2D eigenvalue weighted by molar-refractivity contribution is 0.101. The number of nitrogens with zero attached hydrogens (tertiary/aromatic N) is 3. The molecule has 0 aliphatic carbocycles. The number of aromatic nitrogens is 5. The maximum absolute atomic E-state index is 14.1. The van der Waals surface area contributed by atoms with Crippen LogP contribution in [0.2, 0.25) is 0 Å². The first-order valence-corrected chi connectivity index (χ1v) is 9.99. The molecular formula is C23H15F2N7O2. The molecule has 11 heteroatoms. The van der Waals surface area contributed by atoms with Crippen molar-refractivity contribution in [2.45, 2.75) is 0 Å². The van der Waals surface area contributed by atoms with Gasteiger partial charge in [-0.15, -0.1) is 0 Å². The van der Waals surface area contributed by atoms with E-state index < -0.39 is 23.4 Å². The summed E-state index contributed by atoms with van der Waals surface area (Å²) in [6.07, 6.45) is 5.77. The Labute approximate surface area is 190 Å². The molecule has 168 valence electrons. The van der Waals surface area contributed by atoms with Crippen molar-refractivity contribution in [3.8, 4) is 11.1 Å². The fourth-order valence-electron chi connectivity index (χ4n) is 3.40. The molecule has 5 aromatic rings.